The van der Waals surface area contributed by atoms with E-state index >= 15 is 0 Å². The SMILES string of the molecule is CC1CCN(C(=O)Cn2c(=O)n(Cc3ccc(C(=O)NCCc4ccc(Cl)cc4)cc3)c(=O)c3ccccc32)CC1. The predicted molar refractivity (Wildman–Crippen MR) is 160 cm³/mol. The number of fused-ring (bicyclic) bond motifs is 1. The maximum atomic E-state index is 13.6. The molecule has 0 bridgehead atoms. The number of halogens is 1. The zero-order valence-electron chi connectivity index (χ0n) is 23.0. The smallest absolute Gasteiger partial charge is 0.332 e. The van der Waals surface area contributed by atoms with E-state index in [4.69, 9.17) is 11.6 Å². The van der Waals surface area contributed by atoms with Gasteiger partial charge in [0.15, 0.2) is 0 Å². The number of hydrogen-bond acceptors (Lipinski definition) is 4. The van der Waals surface area contributed by atoms with Gasteiger partial charge in [-0.25, -0.2) is 4.79 Å². The fourth-order valence-corrected chi connectivity index (χ4v) is 5.30. The molecule has 3 aromatic carbocycles. The molecule has 8 nitrogen and oxygen atoms in total. The predicted octanol–water partition coefficient (Wildman–Crippen LogP) is 4.10. The topological polar surface area (TPSA) is 93.4 Å². The number of likely N-dealkylation sites (tertiary alicyclic amines) is 1. The number of benzene rings is 3. The van der Waals surface area contributed by atoms with Crippen LogP contribution in [0.25, 0.3) is 10.9 Å². The Labute approximate surface area is 243 Å². The van der Waals surface area contributed by atoms with Gasteiger partial charge in [-0.1, -0.05) is 54.9 Å². The highest BCUT2D eigenvalue weighted by molar-refractivity contribution is 6.30. The maximum absolute atomic E-state index is 13.6. The lowest BCUT2D eigenvalue weighted by atomic mass is 9.99. The molecule has 1 fully saturated rings. The minimum atomic E-state index is -0.531. The van der Waals surface area contributed by atoms with Gasteiger partial charge in [-0.2, -0.15) is 0 Å². The van der Waals surface area contributed by atoms with Crippen molar-refractivity contribution < 1.29 is 9.59 Å². The average molecular weight is 573 g/mol. The summed E-state index contributed by atoms with van der Waals surface area (Å²) in [6.45, 7) is 3.90. The fourth-order valence-electron chi connectivity index (χ4n) is 5.17. The minimum absolute atomic E-state index is 0.0242. The number of nitrogens with zero attached hydrogens (tertiary/aromatic N) is 3. The molecule has 1 aliphatic heterocycles. The molecule has 0 saturated carbocycles. The van der Waals surface area contributed by atoms with Crippen LogP contribution in [0.2, 0.25) is 5.02 Å². The van der Waals surface area contributed by atoms with E-state index in [0.29, 0.717) is 59.0 Å². The molecule has 0 radical (unpaired) electrons. The number of aromatic nitrogens is 2. The lowest BCUT2D eigenvalue weighted by molar-refractivity contribution is -0.133. The third-order valence-corrected chi connectivity index (χ3v) is 7.98. The number of hydrogen-bond donors (Lipinski definition) is 1. The first-order chi connectivity index (χ1) is 19.8. The number of carbonyl (C=O) groups excluding carboxylic acids is 2. The molecular formula is C32H33ClN4O4. The summed E-state index contributed by atoms with van der Waals surface area (Å²) in [6.07, 6.45) is 2.56. The highest BCUT2D eigenvalue weighted by atomic mass is 35.5. The molecule has 0 unspecified atom stereocenters. The average Bonchev–Trinajstić information content (AvgIpc) is 2.99. The minimum Gasteiger partial charge on any atom is -0.352 e. The third-order valence-electron chi connectivity index (χ3n) is 7.73. The molecule has 1 aliphatic rings. The van der Waals surface area contributed by atoms with E-state index in [2.05, 4.69) is 12.2 Å². The summed E-state index contributed by atoms with van der Waals surface area (Å²) in [5.74, 6) is 0.249. The monoisotopic (exact) mass is 572 g/mol. The van der Waals surface area contributed by atoms with Crippen molar-refractivity contribution in [3.63, 3.8) is 0 Å². The van der Waals surface area contributed by atoms with E-state index in [9.17, 15) is 19.2 Å². The molecule has 4 aromatic rings. The maximum Gasteiger partial charge on any atom is 0.332 e. The number of amides is 2. The van der Waals surface area contributed by atoms with Gasteiger partial charge in [-0.05, 0) is 72.7 Å². The van der Waals surface area contributed by atoms with Crippen molar-refractivity contribution in [2.24, 2.45) is 5.92 Å². The van der Waals surface area contributed by atoms with Crippen LogP contribution in [0, 0.1) is 5.92 Å². The quantitative estimate of drug-likeness (QED) is 0.344. The molecule has 1 aromatic heterocycles. The Hall–Kier alpha value is -4.17. The first kappa shape index (κ1) is 28.4. The van der Waals surface area contributed by atoms with Crippen LogP contribution >= 0.6 is 11.6 Å². The molecule has 1 saturated heterocycles. The van der Waals surface area contributed by atoms with E-state index in [1.165, 1.54) is 4.57 Å². The van der Waals surface area contributed by atoms with Gasteiger partial charge in [0, 0.05) is 30.2 Å². The van der Waals surface area contributed by atoms with Gasteiger partial charge >= 0.3 is 5.69 Å². The van der Waals surface area contributed by atoms with E-state index in [-0.39, 0.29) is 24.9 Å². The van der Waals surface area contributed by atoms with Crippen molar-refractivity contribution in [3.05, 3.63) is 115 Å². The largest absolute Gasteiger partial charge is 0.352 e. The highest BCUT2D eigenvalue weighted by Crippen LogP contribution is 2.17. The second-order valence-electron chi connectivity index (χ2n) is 10.7. The molecule has 0 spiro atoms. The van der Waals surface area contributed by atoms with Crippen LogP contribution in [0.3, 0.4) is 0 Å². The molecule has 1 N–H and O–H groups in total. The standard InChI is InChI=1S/C32H33ClN4O4/c1-22-15-18-35(19-16-22)29(38)21-36-28-5-3-2-4-27(28)31(40)37(32(36)41)20-24-6-10-25(11-7-24)30(39)34-17-14-23-8-12-26(33)13-9-23/h2-13,22H,14-21H2,1H3,(H,34,39). The first-order valence-electron chi connectivity index (χ1n) is 13.9. The lowest BCUT2D eigenvalue weighted by Gasteiger charge is -2.30. The fraction of sp³-hybridized carbons (Fsp3) is 0.312. The second-order valence-corrected chi connectivity index (χ2v) is 11.1. The van der Waals surface area contributed by atoms with E-state index in [1.54, 1.807) is 53.4 Å². The third kappa shape index (κ3) is 6.60. The van der Waals surface area contributed by atoms with Crippen molar-refractivity contribution in [2.75, 3.05) is 19.6 Å². The van der Waals surface area contributed by atoms with Crippen LogP contribution in [0.5, 0.6) is 0 Å². The molecule has 2 heterocycles. The molecule has 0 aliphatic carbocycles. The number of piperidine rings is 1. The molecule has 9 heteroatoms. The Balaban J connectivity index is 1.32. The summed E-state index contributed by atoms with van der Waals surface area (Å²) in [5, 5.41) is 3.96. The number of rotatable bonds is 8. The summed E-state index contributed by atoms with van der Waals surface area (Å²) in [5.41, 5.74) is 1.75. The van der Waals surface area contributed by atoms with Gasteiger partial charge in [0.25, 0.3) is 11.5 Å². The van der Waals surface area contributed by atoms with Crippen molar-refractivity contribution in [1.29, 1.82) is 0 Å². The number of para-hydroxylation sites is 1. The van der Waals surface area contributed by atoms with Crippen molar-refractivity contribution in [2.45, 2.75) is 39.3 Å². The molecule has 0 atom stereocenters. The van der Waals surface area contributed by atoms with Crippen molar-refractivity contribution >= 4 is 34.3 Å². The zero-order valence-corrected chi connectivity index (χ0v) is 23.8. The normalized spacial score (nSPS) is 13.9. The van der Waals surface area contributed by atoms with Gasteiger partial charge in [0.1, 0.15) is 6.54 Å². The molecular weight excluding hydrogens is 540 g/mol. The van der Waals surface area contributed by atoms with Crippen LogP contribution in [-0.4, -0.2) is 45.5 Å². The molecule has 41 heavy (non-hydrogen) atoms. The summed E-state index contributed by atoms with van der Waals surface area (Å²) < 4.78 is 2.56. The number of carbonyl (C=O) groups is 2. The van der Waals surface area contributed by atoms with Crippen LogP contribution in [0.4, 0.5) is 0 Å². The Morgan fingerprint density at radius 2 is 1.54 bits per heavy atom. The van der Waals surface area contributed by atoms with E-state index in [1.807, 2.05) is 24.3 Å². The van der Waals surface area contributed by atoms with Crippen LogP contribution in [0.15, 0.2) is 82.4 Å². The molecule has 212 valence electrons. The van der Waals surface area contributed by atoms with Crippen LogP contribution in [-0.2, 0) is 24.3 Å². The lowest BCUT2D eigenvalue weighted by Crippen LogP contribution is -2.45. The summed E-state index contributed by atoms with van der Waals surface area (Å²) in [7, 11) is 0. The van der Waals surface area contributed by atoms with Crippen molar-refractivity contribution in [3.8, 4) is 0 Å². The van der Waals surface area contributed by atoms with E-state index < -0.39 is 11.2 Å². The number of nitrogens with one attached hydrogen (secondary N) is 1. The Bertz CT molecular complexity index is 1670. The molecule has 5 rings (SSSR count). The zero-order chi connectivity index (χ0) is 28.9. The summed E-state index contributed by atoms with van der Waals surface area (Å²) >= 11 is 5.92. The Morgan fingerprint density at radius 3 is 2.24 bits per heavy atom. The second kappa shape index (κ2) is 12.6. The Morgan fingerprint density at radius 1 is 0.878 bits per heavy atom. The van der Waals surface area contributed by atoms with Crippen LogP contribution < -0.4 is 16.6 Å². The highest BCUT2D eigenvalue weighted by Gasteiger charge is 2.22. The van der Waals surface area contributed by atoms with Gasteiger partial charge in [-0.3, -0.25) is 23.5 Å². The van der Waals surface area contributed by atoms with Gasteiger partial charge in [0.05, 0.1) is 17.4 Å². The first-order valence-corrected chi connectivity index (χ1v) is 14.3. The van der Waals surface area contributed by atoms with Gasteiger partial charge in [0.2, 0.25) is 5.91 Å². The molecule has 2 amide bonds. The van der Waals surface area contributed by atoms with E-state index in [0.717, 1.165) is 23.0 Å². The summed E-state index contributed by atoms with van der Waals surface area (Å²) in [6, 6.07) is 21.2. The van der Waals surface area contributed by atoms with Gasteiger partial charge < -0.3 is 10.2 Å². The van der Waals surface area contributed by atoms with Crippen LogP contribution in [0.1, 0.15) is 41.3 Å². The Kier molecular flexibility index (Phi) is 8.69. The summed E-state index contributed by atoms with van der Waals surface area (Å²) in [4.78, 5) is 54.5. The van der Waals surface area contributed by atoms with Crippen molar-refractivity contribution in [1.82, 2.24) is 19.4 Å². The van der Waals surface area contributed by atoms with Gasteiger partial charge in [-0.15, -0.1) is 0 Å².